The highest BCUT2D eigenvalue weighted by molar-refractivity contribution is 7.98. The Kier molecular flexibility index (Phi) is 8.72. The second-order valence-electron chi connectivity index (χ2n) is 6.57. The molecule has 1 aliphatic heterocycles. The molecule has 0 aromatic heterocycles. The average Bonchev–Trinajstić information content (AvgIpc) is 3.09. The van der Waals surface area contributed by atoms with Crippen molar-refractivity contribution in [3.05, 3.63) is 35.6 Å². The highest BCUT2D eigenvalue weighted by Crippen LogP contribution is 2.16. The molecule has 1 aliphatic rings. The summed E-state index contributed by atoms with van der Waals surface area (Å²) in [4.78, 5) is 12.3. The van der Waals surface area contributed by atoms with Gasteiger partial charge in [0.1, 0.15) is 11.9 Å². The van der Waals surface area contributed by atoms with Crippen LogP contribution < -0.4 is 5.32 Å². The summed E-state index contributed by atoms with van der Waals surface area (Å²) in [6.07, 6.45) is 1.72. The normalized spacial score (nSPS) is 18.5. The number of carbonyl (C=O) groups excluding carboxylic acids is 1. The topological polar surface area (TPSA) is 47.6 Å². The minimum Gasteiger partial charge on any atom is -0.376 e. The van der Waals surface area contributed by atoms with Crippen LogP contribution in [-0.2, 0) is 20.0 Å². The molecule has 0 unspecified atom stereocenters. The zero-order chi connectivity index (χ0) is 18.1. The fraction of sp³-hybridized carbons (Fsp3) is 0.632. The maximum Gasteiger partial charge on any atom is 0.249 e. The summed E-state index contributed by atoms with van der Waals surface area (Å²) in [6.45, 7) is 5.76. The minimum absolute atomic E-state index is 0.0838. The van der Waals surface area contributed by atoms with Gasteiger partial charge in [0.25, 0.3) is 0 Å². The third-order valence-electron chi connectivity index (χ3n) is 4.11. The van der Waals surface area contributed by atoms with E-state index >= 15 is 0 Å². The van der Waals surface area contributed by atoms with Gasteiger partial charge in [0.05, 0.1) is 12.7 Å². The molecule has 1 heterocycles. The molecule has 25 heavy (non-hydrogen) atoms. The van der Waals surface area contributed by atoms with E-state index in [9.17, 15) is 9.18 Å². The molecule has 0 radical (unpaired) electrons. The van der Waals surface area contributed by atoms with E-state index in [-0.39, 0.29) is 23.7 Å². The van der Waals surface area contributed by atoms with Gasteiger partial charge >= 0.3 is 0 Å². The Labute approximate surface area is 153 Å². The molecule has 0 aliphatic carbocycles. The molecule has 1 aromatic carbocycles. The minimum atomic E-state index is -0.458. The zero-order valence-electron chi connectivity index (χ0n) is 15.0. The van der Waals surface area contributed by atoms with Gasteiger partial charge in [0.15, 0.2) is 0 Å². The van der Waals surface area contributed by atoms with Crippen LogP contribution in [-0.4, -0.2) is 43.6 Å². The number of ether oxygens (including phenoxy) is 2. The summed E-state index contributed by atoms with van der Waals surface area (Å²) >= 11 is 1.60. The molecular formula is C19H28FNO3S. The number of amides is 1. The molecule has 1 fully saturated rings. The number of thioether (sulfide) groups is 1. The number of benzene rings is 1. The van der Waals surface area contributed by atoms with Crippen molar-refractivity contribution in [1.82, 2.24) is 5.32 Å². The van der Waals surface area contributed by atoms with Crippen LogP contribution in [0.15, 0.2) is 24.3 Å². The number of hydrogen-bond acceptors (Lipinski definition) is 4. The quantitative estimate of drug-likeness (QED) is 0.642. The standard InChI is InChI=1S/C19H28FNO3S/c1-14(2)18(24-12-16-7-5-10-23-16)19(22)21-9-11-25-13-15-6-3-4-8-17(15)20/h3-4,6,8,14,16,18H,5,7,9-13H2,1-2H3,(H,21,22)/t16-,18+/m0/s1. The first kappa shape index (κ1) is 20.2. The van der Waals surface area contributed by atoms with E-state index in [4.69, 9.17) is 9.47 Å². The molecule has 4 nitrogen and oxygen atoms in total. The lowest BCUT2D eigenvalue weighted by molar-refractivity contribution is -0.138. The number of nitrogens with one attached hydrogen (secondary N) is 1. The van der Waals surface area contributed by atoms with Crippen LogP contribution in [0.4, 0.5) is 4.39 Å². The first-order chi connectivity index (χ1) is 12.1. The predicted octanol–water partition coefficient (Wildman–Crippen LogP) is 3.40. The lowest BCUT2D eigenvalue weighted by atomic mass is 10.1. The monoisotopic (exact) mass is 369 g/mol. The van der Waals surface area contributed by atoms with Gasteiger partial charge in [-0.05, 0) is 30.4 Å². The Morgan fingerprint density at radius 2 is 2.24 bits per heavy atom. The van der Waals surface area contributed by atoms with Gasteiger partial charge in [-0.15, -0.1) is 0 Å². The van der Waals surface area contributed by atoms with Crippen LogP contribution in [0.5, 0.6) is 0 Å². The molecule has 2 atom stereocenters. The smallest absolute Gasteiger partial charge is 0.249 e. The van der Waals surface area contributed by atoms with E-state index in [0.29, 0.717) is 24.5 Å². The molecule has 0 spiro atoms. The number of rotatable bonds is 10. The SMILES string of the molecule is CC(C)[C@@H](OC[C@@H]1CCCO1)C(=O)NCCSCc1ccccc1F. The first-order valence-corrected chi connectivity index (χ1v) is 10.1. The Bertz CT molecular complexity index is 535. The van der Waals surface area contributed by atoms with E-state index < -0.39 is 6.10 Å². The van der Waals surface area contributed by atoms with E-state index in [0.717, 1.165) is 25.2 Å². The summed E-state index contributed by atoms with van der Waals surface area (Å²) in [5.74, 6) is 1.18. The van der Waals surface area contributed by atoms with Gasteiger partial charge in [-0.2, -0.15) is 11.8 Å². The fourth-order valence-electron chi connectivity index (χ4n) is 2.70. The van der Waals surface area contributed by atoms with Crippen molar-refractivity contribution < 1.29 is 18.7 Å². The highest BCUT2D eigenvalue weighted by atomic mass is 32.2. The second-order valence-corrected chi connectivity index (χ2v) is 7.67. The molecule has 0 bridgehead atoms. The predicted molar refractivity (Wildman–Crippen MR) is 99.1 cm³/mol. The highest BCUT2D eigenvalue weighted by Gasteiger charge is 2.25. The van der Waals surface area contributed by atoms with Crippen LogP contribution in [0, 0.1) is 11.7 Å². The van der Waals surface area contributed by atoms with Crippen LogP contribution in [0.2, 0.25) is 0 Å². The van der Waals surface area contributed by atoms with Crippen LogP contribution >= 0.6 is 11.8 Å². The Morgan fingerprint density at radius 1 is 1.44 bits per heavy atom. The third-order valence-corrected chi connectivity index (χ3v) is 5.12. The van der Waals surface area contributed by atoms with Crippen molar-refractivity contribution in [3.8, 4) is 0 Å². The fourth-order valence-corrected chi connectivity index (χ4v) is 3.55. The second kappa shape index (κ2) is 10.8. The maximum absolute atomic E-state index is 13.5. The van der Waals surface area contributed by atoms with Crippen molar-refractivity contribution in [2.75, 3.05) is 25.5 Å². The maximum atomic E-state index is 13.5. The molecule has 0 saturated carbocycles. The molecular weight excluding hydrogens is 341 g/mol. The van der Waals surface area contributed by atoms with Gasteiger partial charge in [-0.3, -0.25) is 4.79 Å². The van der Waals surface area contributed by atoms with Crippen molar-refractivity contribution in [2.24, 2.45) is 5.92 Å². The van der Waals surface area contributed by atoms with Crippen LogP contribution in [0.3, 0.4) is 0 Å². The summed E-state index contributed by atoms with van der Waals surface area (Å²) in [5, 5.41) is 2.92. The van der Waals surface area contributed by atoms with Gasteiger partial charge in [-0.1, -0.05) is 32.0 Å². The average molecular weight is 370 g/mol. The lowest BCUT2D eigenvalue weighted by Crippen LogP contribution is -2.41. The molecule has 1 amide bonds. The molecule has 1 aromatic rings. The molecule has 1 N–H and O–H groups in total. The van der Waals surface area contributed by atoms with E-state index in [1.807, 2.05) is 19.9 Å². The number of halogens is 1. The van der Waals surface area contributed by atoms with Crippen molar-refractivity contribution >= 4 is 17.7 Å². The number of carbonyl (C=O) groups is 1. The van der Waals surface area contributed by atoms with E-state index in [1.54, 1.807) is 23.9 Å². The first-order valence-electron chi connectivity index (χ1n) is 8.90. The van der Waals surface area contributed by atoms with Crippen LogP contribution in [0.25, 0.3) is 0 Å². The Hall–Kier alpha value is -1.11. The van der Waals surface area contributed by atoms with E-state index in [2.05, 4.69) is 5.32 Å². The molecule has 1 saturated heterocycles. The van der Waals surface area contributed by atoms with Gasteiger partial charge in [0.2, 0.25) is 5.91 Å². The third kappa shape index (κ3) is 6.96. The van der Waals surface area contributed by atoms with E-state index in [1.165, 1.54) is 6.07 Å². The summed E-state index contributed by atoms with van der Waals surface area (Å²) in [6, 6.07) is 6.77. The summed E-state index contributed by atoms with van der Waals surface area (Å²) < 4.78 is 24.9. The van der Waals surface area contributed by atoms with Gasteiger partial charge in [-0.25, -0.2) is 4.39 Å². The molecule has 140 valence electrons. The van der Waals surface area contributed by atoms with Crippen molar-refractivity contribution in [2.45, 2.75) is 44.6 Å². The molecule has 2 rings (SSSR count). The molecule has 6 heteroatoms. The van der Waals surface area contributed by atoms with Gasteiger partial charge < -0.3 is 14.8 Å². The van der Waals surface area contributed by atoms with Crippen LogP contribution in [0.1, 0.15) is 32.3 Å². The summed E-state index contributed by atoms with van der Waals surface area (Å²) in [5.41, 5.74) is 0.693. The zero-order valence-corrected chi connectivity index (χ0v) is 15.8. The van der Waals surface area contributed by atoms with Crippen molar-refractivity contribution in [3.63, 3.8) is 0 Å². The van der Waals surface area contributed by atoms with Crippen molar-refractivity contribution in [1.29, 1.82) is 0 Å². The Morgan fingerprint density at radius 3 is 2.92 bits per heavy atom. The Balaban J connectivity index is 1.65. The lowest BCUT2D eigenvalue weighted by Gasteiger charge is -2.22. The van der Waals surface area contributed by atoms with Gasteiger partial charge in [0, 0.05) is 24.7 Å². The summed E-state index contributed by atoms with van der Waals surface area (Å²) in [7, 11) is 0. The number of hydrogen-bond donors (Lipinski definition) is 1. The largest absolute Gasteiger partial charge is 0.376 e.